The molecule has 0 aliphatic carbocycles. The Morgan fingerprint density at radius 3 is 2.65 bits per heavy atom. The lowest BCUT2D eigenvalue weighted by Crippen LogP contribution is -2.33. The molecule has 1 aliphatic rings. The average molecular weight is 283 g/mol. The highest BCUT2D eigenvalue weighted by Crippen LogP contribution is 2.39. The second-order valence-electron chi connectivity index (χ2n) is 4.35. The van der Waals surface area contributed by atoms with Gasteiger partial charge in [0.1, 0.15) is 0 Å². The molecule has 1 unspecified atom stereocenters. The van der Waals surface area contributed by atoms with Crippen LogP contribution in [0.15, 0.2) is 29.8 Å². The van der Waals surface area contributed by atoms with Crippen LogP contribution in [0.5, 0.6) is 0 Å². The van der Waals surface area contributed by atoms with Crippen molar-refractivity contribution in [2.45, 2.75) is 19.4 Å². The van der Waals surface area contributed by atoms with E-state index < -0.39 is 40.6 Å². The zero-order valence-corrected chi connectivity index (χ0v) is 10.7. The van der Waals surface area contributed by atoms with Gasteiger partial charge in [0, 0.05) is 12.5 Å². The molecule has 1 aromatic rings. The van der Waals surface area contributed by atoms with E-state index in [-0.39, 0.29) is 5.56 Å². The number of rotatable bonds is 2. The molecule has 2 N–H and O–H groups in total. The summed E-state index contributed by atoms with van der Waals surface area (Å²) in [5.41, 5.74) is 3.26. The summed E-state index contributed by atoms with van der Waals surface area (Å²) in [6, 6.07) is 3.33. The van der Waals surface area contributed by atoms with Gasteiger partial charge in [0.25, 0.3) is 5.78 Å². The van der Waals surface area contributed by atoms with Crippen LogP contribution in [0.1, 0.15) is 19.4 Å². The van der Waals surface area contributed by atoms with Crippen molar-refractivity contribution in [3.05, 3.63) is 47.0 Å². The van der Waals surface area contributed by atoms with Gasteiger partial charge in [-0.15, -0.1) is 0 Å². The molecular weight excluding hydrogens is 272 g/mol. The summed E-state index contributed by atoms with van der Waals surface area (Å²) in [4.78, 5) is 23.1. The van der Waals surface area contributed by atoms with Crippen LogP contribution in [-0.4, -0.2) is 11.8 Å². The molecule has 106 valence electrons. The molecule has 0 bridgehead atoms. The van der Waals surface area contributed by atoms with E-state index in [1.54, 1.807) is 0 Å². The number of esters is 1. The Balaban J connectivity index is 2.47. The molecule has 20 heavy (non-hydrogen) atoms. The predicted octanol–water partition coefficient (Wildman–Crippen LogP) is 1.47. The molecule has 1 heterocycles. The summed E-state index contributed by atoms with van der Waals surface area (Å²) in [7, 11) is 0. The van der Waals surface area contributed by atoms with Crippen molar-refractivity contribution in [2.24, 2.45) is 5.73 Å². The number of Topliss-reactive ketones (excluding diaryl/α,β-unsaturated/α-hetero) is 1. The number of ketones is 1. The Morgan fingerprint density at radius 1 is 1.40 bits per heavy atom. The van der Waals surface area contributed by atoms with Crippen molar-refractivity contribution in [3.63, 3.8) is 0 Å². The molecule has 0 saturated heterocycles. The average Bonchev–Trinajstić information content (AvgIpc) is 2.57. The highest BCUT2D eigenvalue weighted by Gasteiger charge is 2.50. The molecule has 1 aromatic carbocycles. The van der Waals surface area contributed by atoms with Gasteiger partial charge in [0.15, 0.2) is 11.6 Å². The number of hydrogen-bond donors (Lipinski definition) is 1. The smallest absolute Gasteiger partial charge is 0.308 e. The van der Waals surface area contributed by atoms with Gasteiger partial charge in [-0.25, -0.2) is 8.78 Å². The zero-order chi connectivity index (χ0) is 15.1. The first-order chi connectivity index (χ1) is 9.27. The highest BCUT2D eigenvalue weighted by atomic mass is 19.2. The van der Waals surface area contributed by atoms with Gasteiger partial charge in [-0.2, -0.15) is 0 Å². The monoisotopic (exact) mass is 283 g/mol. The molecule has 0 amide bonds. The van der Waals surface area contributed by atoms with Crippen LogP contribution in [0.2, 0.25) is 0 Å². The van der Waals surface area contributed by atoms with E-state index in [1.807, 2.05) is 0 Å². The molecule has 0 fully saturated rings. The zero-order valence-electron chi connectivity index (χ0n) is 10.7. The van der Waals surface area contributed by atoms with Crippen LogP contribution in [0.3, 0.4) is 0 Å². The number of halogens is 2. The number of benzene rings is 1. The number of carbonyl (C=O) groups is 2. The molecular formula is C13H11F2NO4. The van der Waals surface area contributed by atoms with Gasteiger partial charge in [0.05, 0.1) is 0 Å². The third-order valence-electron chi connectivity index (χ3n) is 2.89. The van der Waals surface area contributed by atoms with Gasteiger partial charge in [-0.1, -0.05) is 12.1 Å². The summed E-state index contributed by atoms with van der Waals surface area (Å²) in [6.07, 6.45) is 0. The summed E-state index contributed by atoms with van der Waals surface area (Å²) in [6.45, 7) is 2.29. The molecule has 0 aromatic heterocycles. The van der Waals surface area contributed by atoms with Crippen LogP contribution >= 0.6 is 0 Å². The maximum atomic E-state index is 13.8. The first kappa shape index (κ1) is 14.0. The number of hydrogen-bond acceptors (Lipinski definition) is 5. The van der Waals surface area contributed by atoms with E-state index in [4.69, 9.17) is 10.5 Å². The van der Waals surface area contributed by atoms with Gasteiger partial charge in [0.2, 0.25) is 17.2 Å². The normalized spacial score (nSPS) is 21.9. The lowest BCUT2D eigenvalue weighted by atomic mass is 9.91. The van der Waals surface area contributed by atoms with Crippen molar-refractivity contribution in [3.8, 4) is 0 Å². The van der Waals surface area contributed by atoms with E-state index in [0.717, 1.165) is 13.0 Å². The van der Waals surface area contributed by atoms with E-state index in [2.05, 4.69) is 4.74 Å². The van der Waals surface area contributed by atoms with E-state index in [0.29, 0.717) is 0 Å². The quantitative estimate of drug-likeness (QED) is 0.831. The minimum absolute atomic E-state index is 0.326. The highest BCUT2D eigenvalue weighted by molar-refractivity contribution is 6.04. The Bertz CT molecular complexity index is 641. The van der Waals surface area contributed by atoms with Gasteiger partial charge < -0.3 is 15.2 Å². The van der Waals surface area contributed by atoms with Crippen molar-refractivity contribution in [1.82, 2.24) is 0 Å². The molecule has 2 rings (SSSR count). The minimum atomic E-state index is -1.87. The second-order valence-corrected chi connectivity index (χ2v) is 4.35. The van der Waals surface area contributed by atoms with Gasteiger partial charge in [-0.3, -0.25) is 9.59 Å². The first-order valence-electron chi connectivity index (χ1n) is 5.64. The van der Waals surface area contributed by atoms with Crippen molar-refractivity contribution in [2.75, 3.05) is 0 Å². The Hall–Kier alpha value is -2.44. The molecule has 0 radical (unpaired) electrons. The maximum Gasteiger partial charge on any atom is 0.308 e. The van der Waals surface area contributed by atoms with Gasteiger partial charge in [-0.05, 0) is 13.0 Å². The molecule has 7 heteroatoms. The summed E-state index contributed by atoms with van der Waals surface area (Å²) >= 11 is 0. The fourth-order valence-corrected chi connectivity index (χ4v) is 1.93. The number of nitrogens with two attached hydrogens (primary N) is 1. The van der Waals surface area contributed by atoms with Crippen molar-refractivity contribution in [1.29, 1.82) is 0 Å². The lowest BCUT2D eigenvalue weighted by Gasteiger charge is -2.23. The Morgan fingerprint density at radius 2 is 2.05 bits per heavy atom. The molecule has 0 spiro atoms. The van der Waals surface area contributed by atoms with Crippen LogP contribution < -0.4 is 5.73 Å². The van der Waals surface area contributed by atoms with E-state index in [1.165, 1.54) is 19.1 Å². The van der Waals surface area contributed by atoms with Crippen LogP contribution in [-0.2, 0) is 24.7 Å². The largest absolute Gasteiger partial charge is 0.457 e. The van der Waals surface area contributed by atoms with Crippen molar-refractivity contribution < 1.29 is 27.8 Å². The summed E-state index contributed by atoms with van der Waals surface area (Å²) in [5, 5.41) is 0. The third-order valence-corrected chi connectivity index (χ3v) is 2.89. The summed E-state index contributed by atoms with van der Waals surface area (Å²) < 4.78 is 36.8. The third kappa shape index (κ3) is 2.01. The standard InChI is InChI=1S/C13H11F2NO4/c1-6(17)19-10-11(18)13(2,20-12(10)16)7-4-3-5-8(14)9(7)15/h3-5H,16H2,1-2H3. The number of ether oxygens (including phenoxy) is 2. The van der Waals surface area contributed by atoms with Crippen LogP contribution in [0.4, 0.5) is 8.78 Å². The minimum Gasteiger partial charge on any atom is -0.457 e. The predicted molar refractivity (Wildman–Crippen MR) is 62.8 cm³/mol. The topological polar surface area (TPSA) is 78.6 Å². The van der Waals surface area contributed by atoms with Gasteiger partial charge >= 0.3 is 5.97 Å². The molecule has 5 nitrogen and oxygen atoms in total. The molecule has 0 saturated carbocycles. The van der Waals surface area contributed by atoms with Crippen LogP contribution in [0, 0.1) is 11.6 Å². The Kier molecular flexibility index (Phi) is 3.21. The molecule has 1 aliphatic heterocycles. The second kappa shape index (κ2) is 4.59. The fraction of sp³-hybridized carbons (Fsp3) is 0.231. The first-order valence-corrected chi connectivity index (χ1v) is 5.64. The SMILES string of the molecule is CC(=O)OC1=C(N)OC(C)(c2cccc(F)c2F)C1=O. The van der Waals surface area contributed by atoms with Crippen molar-refractivity contribution >= 4 is 11.8 Å². The lowest BCUT2D eigenvalue weighted by molar-refractivity contribution is -0.142. The van der Waals surface area contributed by atoms with Crippen LogP contribution in [0.25, 0.3) is 0 Å². The maximum absolute atomic E-state index is 13.8. The summed E-state index contributed by atoms with van der Waals surface area (Å²) in [5.74, 6) is -4.93. The van der Waals surface area contributed by atoms with E-state index >= 15 is 0 Å². The van der Waals surface area contributed by atoms with E-state index in [9.17, 15) is 18.4 Å². The molecule has 1 atom stereocenters. The number of carbonyl (C=O) groups excluding carboxylic acids is 2. The fourth-order valence-electron chi connectivity index (χ4n) is 1.93. The Labute approximate surface area is 113 Å².